The molecule has 0 bridgehead atoms. The van der Waals surface area contributed by atoms with Gasteiger partial charge in [-0.05, 0) is 49.9 Å². The molecule has 2 rings (SSSR count). The van der Waals surface area contributed by atoms with E-state index in [2.05, 4.69) is 5.32 Å². The van der Waals surface area contributed by atoms with Crippen LogP contribution in [0.3, 0.4) is 0 Å². The number of rotatable bonds is 4. The molecule has 0 aliphatic heterocycles. The van der Waals surface area contributed by atoms with Crippen molar-refractivity contribution in [2.75, 3.05) is 19.4 Å². The normalized spacial score (nSPS) is 17.1. The van der Waals surface area contributed by atoms with Gasteiger partial charge in [0, 0.05) is 19.8 Å². The lowest BCUT2D eigenvalue weighted by Crippen LogP contribution is -2.23. The summed E-state index contributed by atoms with van der Waals surface area (Å²) in [6.45, 7) is 0. The van der Waals surface area contributed by atoms with Crippen molar-refractivity contribution >= 4 is 21.8 Å². The topological polar surface area (TPSA) is 75.7 Å². The average Bonchev–Trinajstić information content (AvgIpc) is 2.50. The van der Waals surface area contributed by atoms with E-state index in [1.165, 1.54) is 45.5 Å². The minimum atomic E-state index is -3.46. The summed E-state index contributed by atoms with van der Waals surface area (Å²) in [6.07, 6.45) is 7.15. The maximum Gasteiger partial charge on any atom is 0.411 e. The number of ether oxygens (including phenoxy) is 1. The van der Waals surface area contributed by atoms with Gasteiger partial charge >= 0.3 is 6.09 Å². The Balaban J connectivity index is 1.92. The highest BCUT2D eigenvalue weighted by Gasteiger charge is 2.18. The van der Waals surface area contributed by atoms with Crippen LogP contribution in [0.1, 0.15) is 44.9 Å². The maximum absolute atomic E-state index is 12.0. The smallest absolute Gasteiger partial charge is 0.411 e. The van der Waals surface area contributed by atoms with Crippen molar-refractivity contribution in [2.45, 2.75) is 55.9 Å². The predicted molar refractivity (Wildman–Crippen MR) is 93.5 cm³/mol. The van der Waals surface area contributed by atoms with Crippen molar-refractivity contribution in [3.05, 3.63) is 24.3 Å². The van der Waals surface area contributed by atoms with Gasteiger partial charge in [-0.1, -0.05) is 19.3 Å². The van der Waals surface area contributed by atoms with Crippen LogP contribution < -0.4 is 5.32 Å². The van der Waals surface area contributed by atoms with Gasteiger partial charge in [0.1, 0.15) is 6.10 Å². The molecule has 1 aliphatic carbocycles. The summed E-state index contributed by atoms with van der Waals surface area (Å²) in [5.41, 5.74) is 0.517. The van der Waals surface area contributed by atoms with E-state index in [4.69, 9.17) is 4.74 Å². The Labute approximate surface area is 144 Å². The number of nitrogens with one attached hydrogen (secondary N) is 1. The van der Waals surface area contributed by atoms with Gasteiger partial charge in [0.05, 0.1) is 4.90 Å². The second-order valence-electron chi connectivity index (χ2n) is 6.31. The van der Waals surface area contributed by atoms with Gasteiger partial charge in [-0.15, -0.1) is 0 Å². The molecule has 0 saturated heterocycles. The third kappa shape index (κ3) is 5.21. The molecule has 1 aromatic rings. The van der Waals surface area contributed by atoms with Crippen molar-refractivity contribution in [1.82, 2.24) is 4.31 Å². The predicted octanol–water partition coefficient (Wildman–Crippen LogP) is 3.60. The number of benzene rings is 1. The molecule has 1 aromatic carbocycles. The molecule has 1 fully saturated rings. The minimum Gasteiger partial charge on any atom is -0.446 e. The summed E-state index contributed by atoms with van der Waals surface area (Å²) < 4.78 is 30.6. The van der Waals surface area contributed by atoms with Crippen LogP contribution in [0.25, 0.3) is 0 Å². The Morgan fingerprint density at radius 3 is 2.12 bits per heavy atom. The minimum absolute atomic E-state index is 0.0290. The molecule has 6 nitrogen and oxygen atoms in total. The largest absolute Gasteiger partial charge is 0.446 e. The van der Waals surface area contributed by atoms with Crippen LogP contribution in [0, 0.1) is 0 Å². The van der Waals surface area contributed by atoms with Gasteiger partial charge in [-0.3, -0.25) is 5.32 Å². The standard InChI is InChI=1S/C17H26N2O4S/c1-19(2)24(21,22)16-12-10-14(11-13-16)18-17(20)23-15-8-6-4-3-5-7-9-15/h10-13,15H,3-9H2,1-2H3,(H,18,20). The first kappa shape index (κ1) is 18.7. The first-order valence-corrected chi connectivity index (χ1v) is 9.84. The van der Waals surface area contributed by atoms with Crippen molar-refractivity contribution in [3.8, 4) is 0 Å². The lowest BCUT2D eigenvalue weighted by atomic mass is 9.99. The summed E-state index contributed by atoms with van der Waals surface area (Å²) in [6, 6.07) is 6.08. The van der Waals surface area contributed by atoms with E-state index in [1.807, 2.05) is 0 Å². The van der Waals surface area contributed by atoms with Crippen LogP contribution in [-0.2, 0) is 14.8 Å². The highest BCUT2D eigenvalue weighted by Crippen LogP contribution is 2.21. The fourth-order valence-corrected chi connectivity index (χ4v) is 3.66. The number of sulfonamides is 1. The van der Waals surface area contributed by atoms with E-state index in [1.54, 1.807) is 12.1 Å². The number of hydrogen-bond acceptors (Lipinski definition) is 4. The molecule has 24 heavy (non-hydrogen) atoms. The number of nitrogens with zero attached hydrogens (tertiary/aromatic N) is 1. The lowest BCUT2D eigenvalue weighted by molar-refractivity contribution is 0.0933. The Kier molecular flexibility index (Phi) is 6.62. The Bertz CT molecular complexity index is 633. The van der Waals surface area contributed by atoms with E-state index in [0.717, 1.165) is 30.0 Å². The third-order valence-electron chi connectivity index (χ3n) is 4.21. The van der Waals surface area contributed by atoms with E-state index in [-0.39, 0.29) is 11.0 Å². The number of amides is 1. The van der Waals surface area contributed by atoms with Crippen LogP contribution in [0.5, 0.6) is 0 Å². The SMILES string of the molecule is CN(C)S(=O)(=O)c1ccc(NC(=O)OC2CCCCCCC2)cc1. The van der Waals surface area contributed by atoms with Crippen molar-refractivity contribution in [3.63, 3.8) is 0 Å². The zero-order valence-corrected chi connectivity index (χ0v) is 15.1. The molecule has 0 heterocycles. The summed E-state index contributed by atoms with van der Waals surface area (Å²) in [4.78, 5) is 12.2. The number of carbonyl (C=O) groups is 1. The van der Waals surface area contributed by atoms with Crippen LogP contribution in [0.2, 0.25) is 0 Å². The van der Waals surface area contributed by atoms with Gasteiger partial charge in [0.15, 0.2) is 0 Å². The summed E-state index contributed by atoms with van der Waals surface area (Å²) in [5.74, 6) is 0. The molecule has 0 unspecified atom stereocenters. The van der Waals surface area contributed by atoms with Crippen LogP contribution >= 0.6 is 0 Å². The van der Waals surface area contributed by atoms with Crippen LogP contribution in [0.15, 0.2) is 29.2 Å². The molecule has 1 saturated carbocycles. The third-order valence-corrected chi connectivity index (χ3v) is 6.03. The average molecular weight is 354 g/mol. The number of hydrogen-bond donors (Lipinski definition) is 1. The Hall–Kier alpha value is -1.60. The molecule has 1 amide bonds. The molecule has 1 N–H and O–H groups in total. The van der Waals surface area contributed by atoms with Crippen LogP contribution in [-0.4, -0.2) is 39.0 Å². The summed E-state index contributed by atoms with van der Waals surface area (Å²) in [5, 5.41) is 2.66. The molecular formula is C17H26N2O4S. The molecule has 1 aliphatic rings. The van der Waals surface area contributed by atoms with Crippen molar-refractivity contribution in [1.29, 1.82) is 0 Å². The molecular weight excluding hydrogens is 328 g/mol. The van der Waals surface area contributed by atoms with Gasteiger partial charge < -0.3 is 4.74 Å². The summed E-state index contributed by atoms with van der Waals surface area (Å²) >= 11 is 0. The van der Waals surface area contributed by atoms with Gasteiger partial charge in [0.2, 0.25) is 10.0 Å². The van der Waals surface area contributed by atoms with E-state index >= 15 is 0 Å². The van der Waals surface area contributed by atoms with E-state index < -0.39 is 16.1 Å². The second kappa shape index (κ2) is 8.48. The highest BCUT2D eigenvalue weighted by atomic mass is 32.2. The second-order valence-corrected chi connectivity index (χ2v) is 8.46. The van der Waals surface area contributed by atoms with E-state index in [0.29, 0.717) is 5.69 Å². The van der Waals surface area contributed by atoms with Gasteiger partial charge in [0.25, 0.3) is 0 Å². The van der Waals surface area contributed by atoms with Crippen molar-refractivity contribution in [2.24, 2.45) is 0 Å². The molecule has 7 heteroatoms. The zero-order chi connectivity index (χ0) is 17.6. The molecule has 0 aromatic heterocycles. The lowest BCUT2D eigenvalue weighted by Gasteiger charge is -2.20. The summed E-state index contributed by atoms with van der Waals surface area (Å²) in [7, 11) is -0.503. The van der Waals surface area contributed by atoms with Gasteiger partial charge in [-0.2, -0.15) is 0 Å². The Morgan fingerprint density at radius 2 is 1.58 bits per heavy atom. The molecule has 134 valence electrons. The first-order valence-electron chi connectivity index (χ1n) is 8.40. The maximum atomic E-state index is 12.0. The number of anilines is 1. The van der Waals surface area contributed by atoms with Gasteiger partial charge in [-0.25, -0.2) is 17.5 Å². The molecule has 0 atom stereocenters. The highest BCUT2D eigenvalue weighted by molar-refractivity contribution is 7.89. The van der Waals surface area contributed by atoms with E-state index in [9.17, 15) is 13.2 Å². The fraction of sp³-hybridized carbons (Fsp3) is 0.588. The fourth-order valence-electron chi connectivity index (χ4n) is 2.76. The Morgan fingerprint density at radius 1 is 1.04 bits per heavy atom. The van der Waals surface area contributed by atoms with Crippen LogP contribution in [0.4, 0.5) is 10.5 Å². The monoisotopic (exact) mass is 354 g/mol. The molecule has 0 spiro atoms. The number of carbonyl (C=O) groups excluding carboxylic acids is 1. The zero-order valence-electron chi connectivity index (χ0n) is 14.3. The first-order chi connectivity index (χ1) is 11.4. The molecule has 0 radical (unpaired) electrons. The quantitative estimate of drug-likeness (QED) is 0.896. The van der Waals surface area contributed by atoms with Crippen molar-refractivity contribution < 1.29 is 17.9 Å².